The fraction of sp³-hybridized carbons (Fsp3) is 0.588. The van der Waals surface area contributed by atoms with Gasteiger partial charge >= 0.3 is 0 Å². The largest absolute Gasteiger partial charge is 0.340 e. The lowest BCUT2D eigenvalue weighted by atomic mass is 9.85. The molecule has 0 radical (unpaired) electrons. The molecule has 2 fully saturated rings. The molecule has 3 heteroatoms. The van der Waals surface area contributed by atoms with Gasteiger partial charge in [-0.1, -0.05) is 43.2 Å². The number of likely N-dealkylation sites (N-methyl/N-ethyl adjacent to an activating group) is 1. The SMILES string of the molecule is CN(Cc1ccccc1)C(=O)C1CC2CCCCC2N1. The standard InChI is InChI=1S/C17H24N2O/c1-19(12-13-7-3-2-4-8-13)17(20)16-11-14-9-5-6-10-15(14)18-16/h2-4,7-8,14-16,18H,5-6,9-12H2,1H3. The van der Waals surface area contributed by atoms with Gasteiger partial charge in [0.25, 0.3) is 0 Å². The Labute approximate surface area is 121 Å². The molecule has 1 heterocycles. The minimum atomic E-state index is 0.0387. The van der Waals surface area contributed by atoms with Gasteiger partial charge in [0, 0.05) is 19.6 Å². The molecule has 3 rings (SSSR count). The number of nitrogens with one attached hydrogen (secondary N) is 1. The van der Waals surface area contributed by atoms with E-state index in [1.807, 2.05) is 30.1 Å². The Morgan fingerprint density at radius 3 is 2.75 bits per heavy atom. The number of hydrogen-bond acceptors (Lipinski definition) is 2. The Morgan fingerprint density at radius 1 is 1.25 bits per heavy atom. The van der Waals surface area contributed by atoms with E-state index in [0.717, 1.165) is 12.3 Å². The summed E-state index contributed by atoms with van der Waals surface area (Å²) in [5.41, 5.74) is 1.19. The van der Waals surface area contributed by atoms with Crippen LogP contribution in [0.2, 0.25) is 0 Å². The van der Waals surface area contributed by atoms with Crippen molar-refractivity contribution in [3.05, 3.63) is 35.9 Å². The van der Waals surface area contributed by atoms with Gasteiger partial charge in [0.05, 0.1) is 6.04 Å². The van der Waals surface area contributed by atoms with Gasteiger partial charge in [-0.15, -0.1) is 0 Å². The van der Waals surface area contributed by atoms with Crippen molar-refractivity contribution >= 4 is 5.91 Å². The quantitative estimate of drug-likeness (QED) is 0.917. The predicted octanol–water partition coefficient (Wildman–Crippen LogP) is 2.57. The van der Waals surface area contributed by atoms with E-state index in [-0.39, 0.29) is 11.9 Å². The third-order valence-corrected chi connectivity index (χ3v) is 4.80. The zero-order chi connectivity index (χ0) is 13.9. The number of carbonyl (C=O) groups excluding carboxylic acids is 1. The number of nitrogens with zero attached hydrogens (tertiary/aromatic N) is 1. The molecule has 0 spiro atoms. The Bertz CT molecular complexity index is 445. The molecule has 1 saturated carbocycles. The summed E-state index contributed by atoms with van der Waals surface area (Å²) in [7, 11) is 1.92. The summed E-state index contributed by atoms with van der Waals surface area (Å²) in [5.74, 6) is 0.978. The Kier molecular flexibility index (Phi) is 4.06. The van der Waals surface area contributed by atoms with Crippen molar-refractivity contribution in [2.75, 3.05) is 7.05 Å². The molecule has 1 amide bonds. The Balaban J connectivity index is 1.58. The van der Waals surface area contributed by atoms with Gasteiger partial charge in [0.15, 0.2) is 0 Å². The second kappa shape index (κ2) is 5.96. The van der Waals surface area contributed by atoms with Crippen LogP contribution in [0, 0.1) is 5.92 Å². The third kappa shape index (κ3) is 2.88. The van der Waals surface area contributed by atoms with Crippen LogP contribution >= 0.6 is 0 Å². The van der Waals surface area contributed by atoms with E-state index in [9.17, 15) is 4.79 Å². The van der Waals surface area contributed by atoms with E-state index < -0.39 is 0 Å². The molecule has 3 atom stereocenters. The van der Waals surface area contributed by atoms with Crippen LogP contribution in [0.4, 0.5) is 0 Å². The van der Waals surface area contributed by atoms with Crippen LogP contribution in [-0.4, -0.2) is 29.9 Å². The number of amides is 1. The molecule has 108 valence electrons. The van der Waals surface area contributed by atoms with E-state index in [4.69, 9.17) is 0 Å². The number of carbonyl (C=O) groups is 1. The minimum Gasteiger partial charge on any atom is -0.340 e. The lowest BCUT2D eigenvalue weighted by Crippen LogP contribution is -2.43. The molecule has 1 saturated heterocycles. The van der Waals surface area contributed by atoms with Crippen LogP contribution < -0.4 is 5.32 Å². The summed E-state index contributed by atoms with van der Waals surface area (Å²) >= 11 is 0. The molecule has 1 N–H and O–H groups in total. The van der Waals surface area contributed by atoms with Crippen molar-refractivity contribution in [2.45, 2.75) is 50.7 Å². The molecule has 2 aliphatic rings. The lowest BCUT2D eigenvalue weighted by Gasteiger charge is -2.24. The Morgan fingerprint density at radius 2 is 2.00 bits per heavy atom. The van der Waals surface area contributed by atoms with Crippen LogP contribution in [0.15, 0.2) is 30.3 Å². The van der Waals surface area contributed by atoms with Gasteiger partial charge in [-0.2, -0.15) is 0 Å². The zero-order valence-corrected chi connectivity index (χ0v) is 12.2. The van der Waals surface area contributed by atoms with Gasteiger partial charge < -0.3 is 10.2 Å². The first-order valence-electron chi connectivity index (χ1n) is 7.79. The summed E-state index contributed by atoms with van der Waals surface area (Å²) in [6.07, 6.45) is 6.22. The van der Waals surface area contributed by atoms with Crippen LogP contribution in [0.1, 0.15) is 37.7 Å². The van der Waals surface area contributed by atoms with Crippen molar-refractivity contribution in [1.29, 1.82) is 0 Å². The molecule has 1 aromatic carbocycles. The normalized spacial score (nSPS) is 28.9. The van der Waals surface area contributed by atoms with Crippen molar-refractivity contribution < 1.29 is 4.79 Å². The van der Waals surface area contributed by atoms with Crippen LogP contribution in [0.25, 0.3) is 0 Å². The predicted molar refractivity (Wildman–Crippen MR) is 80.2 cm³/mol. The lowest BCUT2D eigenvalue weighted by molar-refractivity contribution is -0.132. The highest BCUT2D eigenvalue weighted by Crippen LogP contribution is 2.33. The summed E-state index contributed by atoms with van der Waals surface area (Å²) < 4.78 is 0. The van der Waals surface area contributed by atoms with E-state index >= 15 is 0 Å². The van der Waals surface area contributed by atoms with Crippen LogP contribution in [0.5, 0.6) is 0 Å². The maximum atomic E-state index is 12.6. The summed E-state index contributed by atoms with van der Waals surface area (Å²) in [6, 6.07) is 10.8. The monoisotopic (exact) mass is 272 g/mol. The first kappa shape index (κ1) is 13.6. The fourth-order valence-corrected chi connectivity index (χ4v) is 3.71. The number of fused-ring (bicyclic) bond motifs is 1. The average Bonchev–Trinajstić information content (AvgIpc) is 2.91. The molecule has 3 unspecified atom stereocenters. The highest BCUT2D eigenvalue weighted by atomic mass is 16.2. The first-order chi connectivity index (χ1) is 9.74. The van der Waals surface area contributed by atoms with Crippen LogP contribution in [-0.2, 0) is 11.3 Å². The third-order valence-electron chi connectivity index (χ3n) is 4.80. The zero-order valence-electron chi connectivity index (χ0n) is 12.2. The highest BCUT2D eigenvalue weighted by Gasteiger charge is 2.39. The number of rotatable bonds is 3. The molecular weight excluding hydrogens is 248 g/mol. The van der Waals surface area contributed by atoms with Gasteiger partial charge in [-0.05, 0) is 30.7 Å². The van der Waals surface area contributed by atoms with Gasteiger partial charge in [0.1, 0.15) is 0 Å². The molecule has 1 aromatic rings. The minimum absolute atomic E-state index is 0.0387. The van der Waals surface area contributed by atoms with E-state index in [0.29, 0.717) is 12.6 Å². The van der Waals surface area contributed by atoms with Gasteiger partial charge in [0.2, 0.25) is 5.91 Å². The number of benzene rings is 1. The van der Waals surface area contributed by atoms with Crippen molar-refractivity contribution in [3.8, 4) is 0 Å². The Hall–Kier alpha value is -1.35. The van der Waals surface area contributed by atoms with E-state index in [2.05, 4.69) is 17.4 Å². The molecule has 1 aliphatic carbocycles. The molecule has 20 heavy (non-hydrogen) atoms. The number of hydrogen-bond donors (Lipinski definition) is 1. The summed E-state index contributed by atoms with van der Waals surface area (Å²) in [5, 5.41) is 3.57. The smallest absolute Gasteiger partial charge is 0.239 e. The highest BCUT2D eigenvalue weighted by molar-refractivity contribution is 5.82. The van der Waals surface area contributed by atoms with E-state index in [1.165, 1.54) is 31.2 Å². The molecule has 0 aromatic heterocycles. The average molecular weight is 272 g/mol. The van der Waals surface area contributed by atoms with Crippen molar-refractivity contribution in [2.24, 2.45) is 5.92 Å². The maximum Gasteiger partial charge on any atom is 0.239 e. The molecular formula is C17H24N2O. The van der Waals surface area contributed by atoms with E-state index in [1.54, 1.807) is 0 Å². The second-order valence-electron chi connectivity index (χ2n) is 6.29. The molecule has 1 aliphatic heterocycles. The topological polar surface area (TPSA) is 32.3 Å². The summed E-state index contributed by atoms with van der Waals surface area (Å²) in [4.78, 5) is 14.4. The molecule has 3 nitrogen and oxygen atoms in total. The van der Waals surface area contributed by atoms with Gasteiger partial charge in [-0.25, -0.2) is 0 Å². The van der Waals surface area contributed by atoms with Crippen molar-refractivity contribution in [3.63, 3.8) is 0 Å². The summed E-state index contributed by atoms with van der Waals surface area (Å²) in [6.45, 7) is 0.702. The van der Waals surface area contributed by atoms with Crippen molar-refractivity contribution in [1.82, 2.24) is 10.2 Å². The molecule has 0 bridgehead atoms. The maximum absolute atomic E-state index is 12.6. The van der Waals surface area contributed by atoms with Crippen LogP contribution in [0.3, 0.4) is 0 Å². The first-order valence-corrected chi connectivity index (χ1v) is 7.79. The fourth-order valence-electron chi connectivity index (χ4n) is 3.71. The second-order valence-corrected chi connectivity index (χ2v) is 6.29. The van der Waals surface area contributed by atoms with Gasteiger partial charge in [-0.3, -0.25) is 4.79 Å².